The number of amides is 1. The first kappa shape index (κ1) is 24.1. The molecule has 1 aliphatic rings. The highest BCUT2D eigenvalue weighted by Gasteiger charge is 2.48. The summed E-state index contributed by atoms with van der Waals surface area (Å²) in [7, 11) is 1.54. The summed E-state index contributed by atoms with van der Waals surface area (Å²) < 4.78 is 10.4. The van der Waals surface area contributed by atoms with E-state index in [-0.39, 0.29) is 27.9 Å². The van der Waals surface area contributed by atoms with Crippen LogP contribution < -0.4 is 9.64 Å². The summed E-state index contributed by atoms with van der Waals surface area (Å²) in [6.07, 6.45) is 3.08. The fourth-order valence-corrected chi connectivity index (χ4v) is 4.92. The normalized spacial score (nSPS) is 17.0. The van der Waals surface area contributed by atoms with Crippen molar-refractivity contribution in [1.82, 2.24) is 9.97 Å². The van der Waals surface area contributed by atoms with Crippen molar-refractivity contribution in [1.29, 1.82) is 0 Å². The van der Waals surface area contributed by atoms with Gasteiger partial charge in [-0.05, 0) is 56.2 Å². The van der Waals surface area contributed by atoms with E-state index in [0.717, 1.165) is 16.9 Å². The number of carbonyl (C=O) groups is 3. The second kappa shape index (κ2) is 9.67. The maximum Gasteiger partial charge on any atom is 0.350 e. The lowest BCUT2D eigenvalue weighted by Gasteiger charge is -2.22. The highest BCUT2D eigenvalue weighted by atomic mass is 32.1. The molecular formula is C25H23N3O6S. The molecule has 35 heavy (non-hydrogen) atoms. The van der Waals surface area contributed by atoms with Gasteiger partial charge in [0, 0.05) is 18.0 Å². The van der Waals surface area contributed by atoms with Crippen LogP contribution in [-0.4, -0.2) is 46.5 Å². The summed E-state index contributed by atoms with van der Waals surface area (Å²) in [5, 5.41) is 11.4. The number of nitrogens with zero attached hydrogens (tertiary/aromatic N) is 3. The molecule has 10 heteroatoms. The molecule has 0 radical (unpaired) electrons. The zero-order valence-corrected chi connectivity index (χ0v) is 20.4. The molecule has 0 spiro atoms. The molecule has 1 fully saturated rings. The number of Topliss-reactive ketones (excluding diaryl/α,β-unsaturated/α-hetero) is 1. The van der Waals surface area contributed by atoms with Gasteiger partial charge in [-0.2, -0.15) is 0 Å². The largest absolute Gasteiger partial charge is 0.507 e. The number of hydrogen-bond acceptors (Lipinski definition) is 9. The Morgan fingerprint density at radius 1 is 1.23 bits per heavy atom. The number of anilines is 1. The second-order valence-electron chi connectivity index (χ2n) is 7.77. The Hall–Kier alpha value is -4.05. The number of hydrogen-bond donors (Lipinski definition) is 1. The monoisotopic (exact) mass is 493 g/mol. The number of methoxy groups -OCH3 is 1. The van der Waals surface area contributed by atoms with Gasteiger partial charge in [0.25, 0.3) is 5.78 Å². The van der Waals surface area contributed by atoms with E-state index in [1.54, 1.807) is 50.4 Å². The number of aliphatic hydroxyl groups excluding tert-OH is 1. The molecule has 180 valence electrons. The van der Waals surface area contributed by atoms with E-state index in [4.69, 9.17) is 9.47 Å². The van der Waals surface area contributed by atoms with Gasteiger partial charge in [-0.25, -0.2) is 9.78 Å². The SMILES string of the molecule is CCOC(=O)c1sc(N2C(=O)C(=O)/C(=C(/O)c3ccc(OC)c(C)c3)[C@H]2c2cccnc2)nc1C. The first-order chi connectivity index (χ1) is 16.8. The average Bonchev–Trinajstić information content (AvgIpc) is 3.36. The number of esters is 1. The predicted molar refractivity (Wildman–Crippen MR) is 130 cm³/mol. The third kappa shape index (κ3) is 4.28. The first-order valence-electron chi connectivity index (χ1n) is 10.8. The molecule has 9 nitrogen and oxygen atoms in total. The second-order valence-corrected chi connectivity index (χ2v) is 8.75. The lowest BCUT2D eigenvalue weighted by molar-refractivity contribution is -0.132. The van der Waals surface area contributed by atoms with Gasteiger partial charge in [0.1, 0.15) is 16.4 Å². The Kier molecular flexibility index (Phi) is 6.65. The molecule has 1 aromatic carbocycles. The van der Waals surface area contributed by atoms with Crippen molar-refractivity contribution >= 4 is 39.9 Å². The van der Waals surface area contributed by atoms with Crippen molar-refractivity contribution < 1.29 is 29.0 Å². The van der Waals surface area contributed by atoms with E-state index in [2.05, 4.69) is 9.97 Å². The lowest BCUT2D eigenvalue weighted by Crippen LogP contribution is -2.29. The van der Waals surface area contributed by atoms with Crippen LogP contribution in [0.3, 0.4) is 0 Å². The van der Waals surface area contributed by atoms with Crippen molar-refractivity contribution in [3.63, 3.8) is 0 Å². The molecule has 0 aliphatic carbocycles. The lowest BCUT2D eigenvalue weighted by atomic mass is 9.96. The maximum atomic E-state index is 13.3. The molecule has 1 saturated heterocycles. The fourth-order valence-electron chi connectivity index (χ4n) is 3.94. The molecule has 0 bridgehead atoms. The van der Waals surface area contributed by atoms with Gasteiger partial charge < -0.3 is 14.6 Å². The van der Waals surface area contributed by atoms with Crippen LogP contribution in [0.2, 0.25) is 0 Å². The van der Waals surface area contributed by atoms with Gasteiger partial charge in [0.15, 0.2) is 5.13 Å². The Labute approximate surface area is 205 Å². The van der Waals surface area contributed by atoms with E-state index < -0.39 is 23.7 Å². The van der Waals surface area contributed by atoms with Crippen molar-refractivity contribution in [3.05, 3.63) is 75.6 Å². The molecule has 0 unspecified atom stereocenters. The molecule has 2 aromatic heterocycles. The topological polar surface area (TPSA) is 119 Å². The standard InChI is InChI=1S/C25H23N3O6S/c1-5-34-24(32)22-14(3)27-25(35-22)28-19(16-7-6-10-26-12-16)18(21(30)23(28)31)20(29)15-8-9-17(33-4)13(2)11-15/h6-12,19,29H,5H2,1-4H3/b20-18+/t19-/m1/s1. The van der Waals surface area contributed by atoms with E-state index in [9.17, 15) is 19.5 Å². The predicted octanol–water partition coefficient (Wildman–Crippen LogP) is 3.97. The van der Waals surface area contributed by atoms with Crippen LogP contribution in [0, 0.1) is 13.8 Å². The summed E-state index contributed by atoms with van der Waals surface area (Å²) >= 11 is 0.952. The van der Waals surface area contributed by atoms with E-state index in [1.807, 2.05) is 6.92 Å². The number of ketones is 1. The number of carbonyl (C=O) groups excluding carboxylic acids is 3. The number of aryl methyl sites for hydroxylation is 2. The summed E-state index contributed by atoms with van der Waals surface area (Å²) in [4.78, 5) is 48.8. The van der Waals surface area contributed by atoms with Crippen molar-refractivity contribution in [2.45, 2.75) is 26.8 Å². The smallest absolute Gasteiger partial charge is 0.350 e. The number of ether oxygens (including phenoxy) is 2. The van der Waals surface area contributed by atoms with Gasteiger partial charge in [-0.3, -0.25) is 19.5 Å². The van der Waals surface area contributed by atoms with Gasteiger partial charge in [-0.15, -0.1) is 0 Å². The van der Waals surface area contributed by atoms with E-state index in [1.165, 1.54) is 18.2 Å². The third-order valence-electron chi connectivity index (χ3n) is 5.57. The van der Waals surface area contributed by atoms with Crippen LogP contribution in [0.15, 0.2) is 48.3 Å². The number of aromatic nitrogens is 2. The quantitative estimate of drug-likeness (QED) is 0.237. The number of thiazole rings is 1. The fraction of sp³-hybridized carbons (Fsp3) is 0.240. The van der Waals surface area contributed by atoms with Gasteiger partial charge in [-0.1, -0.05) is 17.4 Å². The average molecular weight is 494 g/mol. The summed E-state index contributed by atoms with van der Waals surface area (Å²) in [5.41, 5.74) is 1.89. The zero-order chi connectivity index (χ0) is 25.3. The highest BCUT2D eigenvalue weighted by molar-refractivity contribution is 7.17. The van der Waals surface area contributed by atoms with Crippen molar-refractivity contribution in [3.8, 4) is 5.75 Å². The molecule has 3 aromatic rings. The molecule has 1 N–H and O–H groups in total. The van der Waals surface area contributed by atoms with Gasteiger partial charge >= 0.3 is 11.9 Å². The summed E-state index contributed by atoms with van der Waals surface area (Å²) in [5.74, 6) is -2.00. The van der Waals surface area contributed by atoms with Crippen LogP contribution >= 0.6 is 11.3 Å². The molecule has 0 saturated carbocycles. The Morgan fingerprint density at radius 3 is 2.63 bits per heavy atom. The number of pyridine rings is 1. The molecule has 1 amide bonds. The highest BCUT2D eigenvalue weighted by Crippen LogP contribution is 2.44. The van der Waals surface area contributed by atoms with Crippen LogP contribution in [-0.2, 0) is 14.3 Å². The van der Waals surface area contributed by atoms with Crippen LogP contribution in [0.4, 0.5) is 5.13 Å². The Balaban J connectivity index is 1.89. The van der Waals surface area contributed by atoms with Gasteiger partial charge in [0.05, 0.1) is 31.0 Å². The number of benzene rings is 1. The summed E-state index contributed by atoms with van der Waals surface area (Å²) in [6.45, 7) is 5.31. The minimum atomic E-state index is -0.994. The van der Waals surface area contributed by atoms with Crippen molar-refractivity contribution in [2.75, 3.05) is 18.6 Å². The number of rotatable bonds is 6. The molecule has 3 heterocycles. The minimum Gasteiger partial charge on any atom is -0.507 e. The molecule has 1 atom stereocenters. The Morgan fingerprint density at radius 2 is 2.00 bits per heavy atom. The number of aliphatic hydroxyl groups is 1. The van der Waals surface area contributed by atoms with E-state index in [0.29, 0.717) is 22.6 Å². The van der Waals surface area contributed by atoms with Crippen LogP contribution in [0.5, 0.6) is 5.75 Å². The first-order valence-corrected chi connectivity index (χ1v) is 11.6. The van der Waals surface area contributed by atoms with Crippen LogP contribution in [0.25, 0.3) is 5.76 Å². The minimum absolute atomic E-state index is 0.0990. The zero-order valence-electron chi connectivity index (χ0n) is 19.6. The van der Waals surface area contributed by atoms with Crippen molar-refractivity contribution in [2.24, 2.45) is 0 Å². The van der Waals surface area contributed by atoms with E-state index >= 15 is 0 Å². The third-order valence-corrected chi connectivity index (χ3v) is 6.70. The Bertz CT molecular complexity index is 1350. The van der Waals surface area contributed by atoms with Gasteiger partial charge in [0.2, 0.25) is 0 Å². The summed E-state index contributed by atoms with van der Waals surface area (Å²) in [6, 6.07) is 7.34. The van der Waals surface area contributed by atoms with Crippen LogP contribution in [0.1, 0.15) is 45.0 Å². The molecule has 1 aliphatic heterocycles. The maximum absolute atomic E-state index is 13.3. The molecular weight excluding hydrogens is 470 g/mol. The molecule has 4 rings (SSSR count).